The number of halogens is 1. The van der Waals surface area contributed by atoms with Crippen LogP contribution in [-0.2, 0) is 11.3 Å². The minimum atomic E-state index is 0.128. The van der Waals surface area contributed by atoms with Crippen LogP contribution < -0.4 is 4.90 Å². The fourth-order valence-corrected chi connectivity index (χ4v) is 3.43. The van der Waals surface area contributed by atoms with Crippen LogP contribution in [0.25, 0.3) is 0 Å². The molecule has 0 radical (unpaired) electrons. The van der Waals surface area contributed by atoms with E-state index in [2.05, 4.69) is 0 Å². The molecule has 0 aliphatic carbocycles. The SMILES string of the molecule is O=C1CSc2c(Cl)cccc2N1Cc1ccccc1. The van der Waals surface area contributed by atoms with Crippen LogP contribution >= 0.6 is 23.4 Å². The molecule has 3 rings (SSSR count). The highest BCUT2D eigenvalue weighted by Crippen LogP contribution is 2.40. The first-order valence-corrected chi connectivity index (χ1v) is 7.37. The van der Waals surface area contributed by atoms with Crippen molar-refractivity contribution >= 4 is 35.0 Å². The van der Waals surface area contributed by atoms with Gasteiger partial charge in [-0.25, -0.2) is 0 Å². The third kappa shape index (κ3) is 2.48. The van der Waals surface area contributed by atoms with Crippen LogP contribution in [0.5, 0.6) is 0 Å². The van der Waals surface area contributed by atoms with E-state index in [1.807, 2.05) is 53.4 Å². The molecule has 2 nitrogen and oxygen atoms in total. The van der Waals surface area contributed by atoms with E-state index in [-0.39, 0.29) is 5.91 Å². The van der Waals surface area contributed by atoms with Gasteiger partial charge in [0, 0.05) is 0 Å². The minimum Gasteiger partial charge on any atom is -0.306 e. The lowest BCUT2D eigenvalue weighted by molar-refractivity contribution is -0.116. The van der Waals surface area contributed by atoms with Crippen molar-refractivity contribution < 1.29 is 4.79 Å². The van der Waals surface area contributed by atoms with Crippen molar-refractivity contribution in [2.75, 3.05) is 10.7 Å². The van der Waals surface area contributed by atoms with Gasteiger partial charge in [0.2, 0.25) is 5.91 Å². The molecule has 1 aliphatic heterocycles. The second kappa shape index (κ2) is 5.27. The normalized spacial score (nSPS) is 14.4. The molecule has 0 saturated heterocycles. The third-order valence-electron chi connectivity index (χ3n) is 3.06. The maximum Gasteiger partial charge on any atom is 0.237 e. The number of hydrogen-bond donors (Lipinski definition) is 0. The second-order valence-corrected chi connectivity index (χ2v) is 5.74. The number of anilines is 1. The number of nitrogens with zero attached hydrogens (tertiary/aromatic N) is 1. The number of thioether (sulfide) groups is 1. The molecule has 0 spiro atoms. The number of amides is 1. The summed E-state index contributed by atoms with van der Waals surface area (Å²) in [7, 11) is 0. The third-order valence-corrected chi connectivity index (χ3v) is 4.60. The Hall–Kier alpha value is -1.45. The van der Waals surface area contributed by atoms with Crippen molar-refractivity contribution in [1.82, 2.24) is 0 Å². The maximum absolute atomic E-state index is 12.1. The van der Waals surface area contributed by atoms with Gasteiger partial charge in [-0.1, -0.05) is 48.0 Å². The van der Waals surface area contributed by atoms with Crippen LogP contribution in [0.3, 0.4) is 0 Å². The molecule has 0 saturated carbocycles. The summed E-state index contributed by atoms with van der Waals surface area (Å²) in [4.78, 5) is 14.9. The maximum atomic E-state index is 12.1. The topological polar surface area (TPSA) is 20.3 Å². The predicted octanol–water partition coefficient (Wildman–Crippen LogP) is 3.98. The van der Waals surface area contributed by atoms with E-state index in [1.54, 1.807) is 0 Å². The lowest BCUT2D eigenvalue weighted by Crippen LogP contribution is -2.34. The lowest BCUT2D eigenvalue weighted by atomic mass is 10.2. The summed E-state index contributed by atoms with van der Waals surface area (Å²) in [5.41, 5.74) is 2.03. The fourth-order valence-electron chi connectivity index (χ4n) is 2.14. The Balaban J connectivity index is 1.98. The van der Waals surface area contributed by atoms with E-state index in [1.165, 1.54) is 11.8 Å². The highest BCUT2D eigenvalue weighted by molar-refractivity contribution is 8.00. The summed E-state index contributed by atoms with van der Waals surface area (Å²) in [6.07, 6.45) is 0. The number of carbonyl (C=O) groups excluding carboxylic acids is 1. The van der Waals surface area contributed by atoms with E-state index >= 15 is 0 Å². The highest BCUT2D eigenvalue weighted by Gasteiger charge is 2.26. The Morgan fingerprint density at radius 3 is 2.68 bits per heavy atom. The van der Waals surface area contributed by atoms with Crippen LogP contribution in [0.2, 0.25) is 5.02 Å². The highest BCUT2D eigenvalue weighted by atomic mass is 35.5. The van der Waals surface area contributed by atoms with Gasteiger partial charge in [-0.05, 0) is 17.7 Å². The fraction of sp³-hybridized carbons (Fsp3) is 0.133. The Morgan fingerprint density at radius 1 is 1.11 bits per heavy atom. The number of carbonyl (C=O) groups is 1. The molecule has 0 unspecified atom stereocenters. The standard InChI is InChI=1S/C15H12ClNOS/c16-12-7-4-8-13-15(12)19-10-14(18)17(13)9-11-5-2-1-3-6-11/h1-8H,9-10H2. The van der Waals surface area contributed by atoms with E-state index in [9.17, 15) is 4.79 Å². The smallest absolute Gasteiger partial charge is 0.237 e. The molecule has 1 aliphatic rings. The second-order valence-electron chi connectivity index (χ2n) is 4.34. The van der Waals surface area contributed by atoms with E-state index in [4.69, 9.17) is 11.6 Å². The van der Waals surface area contributed by atoms with Gasteiger partial charge in [-0.2, -0.15) is 0 Å². The summed E-state index contributed by atoms with van der Waals surface area (Å²) in [6.45, 7) is 0.591. The molecule has 2 aromatic rings. The van der Waals surface area contributed by atoms with Crippen LogP contribution in [0, 0.1) is 0 Å². The molecule has 4 heteroatoms. The van der Waals surface area contributed by atoms with Crippen LogP contribution in [-0.4, -0.2) is 11.7 Å². The first kappa shape index (κ1) is 12.6. The van der Waals surface area contributed by atoms with Crippen LogP contribution in [0.1, 0.15) is 5.56 Å². The van der Waals surface area contributed by atoms with Crippen molar-refractivity contribution in [2.24, 2.45) is 0 Å². The summed E-state index contributed by atoms with van der Waals surface area (Å²) in [5.74, 6) is 0.576. The van der Waals surface area contributed by atoms with Gasteiger partial charge >= 0.3 is 0 Å². The molecule has 96 valence electrons. The van der Waals surface area contributed by atoms with Gasteiger partial charge in [0.25, 0.3) is 0 Å². The van der Waals surface area contributed by atoms with Gasteiger partial charge in [0.05, 0.1) is 27.9 Å². The van der Waals surface area contributed by atoms with Crippen molar-refractivity contribution in [3.63, 3.8) is 0 Å². The molecule has 0 fully saturated rings. The predicted molar refractivity (Wildman–Crippen MR) is 79.8 cm³/mol. The van der Waals surface area contributed by atoms with Crippen molar-refractivity contribution in [2.45, 2.75) is 11.4 Å². The zero-order valence-electron chi connectivity index (χ0n) is 10.2. The van der Waals surface area contributed by atoms with E-state index in [0.717, 1.165) is 16.1 Å². The summed E-state index contributed by atoms with van der Waals surface area (Å²) >= 11 is 7.71. The molecule has 1 amide bonds. The summed E-state index contributed by atoms with van der Waals surface area (Å²) < 4.78 is 0. The Labute approximate surface area is 121 Å². The number of fused-ring (bicyclic) bond motifs is 1. The van der Waals surface area contributed by atoms with Gasteiger partial charge in [-0.3, -0.25) is 4.79 Å². The zero-order valence-corrected chi connectivity index (χ0v) is 11.7. The Morgan fingerprint density at radius 2 is 1.89 bits per heavy atom. The lowest BCUT2D eigenvalue weighted by Gasteiger charge is -2.29. The number of benzene rings is 2. The van der Waals surface area contributed by atoms with Crippen molar-refractivity contribution in [1.29, 1.82) is 0 Å². The molecule has 0 bridgehead atoms. The average molecular weight is 290 g/mol. The van der Waals surface area contributed by atoms with E-state index in [0.29, 0.717) is 17.3 Å². The first-order chi connectivity index (χ1) is 9.25. The molecule has 0 atom stereocenters. The average Bonchev–Trinajstić information content (AvgIpc) is 2.43. The molecule has 0 N–H and O–H groups in total. The summed E-state index contributed by atoms with van der Waals surface area (Å²) in [5, 5.41) is 0.716. The van der Waals surface area contributed by atoms with Gasteiger partial charge < -0.3 is 4.90 Å². The minimum absolute atomic E-state index is 0.128. The van der Waals surface area contributed by atoms with E-state index < -0.39 is 0 Å². The molecular weight excluding hydrogens is 278 g/mol. The summed E-state index contributed by atoms with van der Waals surface area (Å²) in [6, 6.07) is 15.7. The number of rotatable bonds is 2. The van der Waals surface area contributed by atoms with Gasteiger partial charge in [-0.15, -0.1) is 11.8 Å². The van der Waals surface area contributed by atoms with Crippen molar-refractivity contribution in [3.8, 4) is 0 Å². The monoisotopic (exact) mass is 289 g/mol. The Bertz CT molecular complexity index is 615. The molecular formula is C15H12ClNOS. The Kier molecular flexibility index (Phi) is 3.49. The van der Waals surface area contributed by atoms with Crippen LogP contribution in [0.15, 0.2) is 53.4 Å². The zero-order chi connectivity index (χ0) is 13.2. The first-order valence-electron chi connectivity index (χ1n) is 6.01. The molecule has 2 aromatic carbocycles. The number of hydrogen-bond acceptors (Lipinski definition) is 2. The van der Waals surface area contributed by atoms with Crippen LogP contribution in [0.4, 0.5) is 5.69 Å². The van der Waals surface area contributed by atoms with Crippen molar-refractivity contribution in [3.05, 3.63) is 59.1 Å². The quantitative estimate of drug-likeness (QED) is 0.833. The van der Waals surface area contributed by atoms with Gasteiger partial charge in [0.15, 0.2) is 0 Å². The molecule has 0 aromatic heterocycles. The largest absolute Gasteiger partial charge is 0.306 e. The molecule has 1 heterocycles. The molecule has 19 heavy (non-hydrogen) atoms. The van der Waals surface area contributed by atoms with Gasteiger partial charge in [0.1, 0.15) is 0 Å².